The predicted molar refractivity (Wildman–Crippen MR) is 129 cm³/mol. The van der Waals surface area contributed by atoms with Crippen LogP contribution >= 0.6 is 0 Å². The number of amides is 1. The number of ether oxygens (including phenoxy) is 2. The molecule has 1 N–H and O–H groups in total. The van der Waals surface area contributed by atoms with E-state index < -0.39 is 28.0 Å². The fraction of sp³-hybridized carbons (Fsp3) is 0.200. The van der Waals surface area contributed by atoms with Crippen LogP contribution in [0.3, 0.4) is 0 Å². The van der Waals surface area contributed by atoms with Gasteiger partial charge in [0.1, 0.15) is 0 Å². The fourth-order valence-corrected chi connectivity index (χ4v) is 5.26. The van der Waals surface area contributed by atoms with Crippen molar-refractivity contribution in [3.63, 3.8) is 0 Å². The third-order valence-corrected chi connectivity index (χ3v) is 7.44. The Morgan fingerprint density at radius 3 is 2.68 bits per heavy atom. The Labute approximate surface area is 214 Å². The molecule has 1 amide bonds. The van der Waals surface area contributed by atoms with Crippen molar-refractivity contribution < 1.29 is 35.9 Å². The molecule has 38 heavy (non-hydrogen) atoms. The van der Waals surface area contributed by atoms with Gasteiger partial charge in [0.25, 0.3) is 5.91 Å². The van der Waals surface area contributed by atoms with Crippen molar-refractivity contribution in [2.75, 3.05) is 12.4 Å². The van der Waals surface area contributed by atoms with Gasteiger partial charge in [-0.15, -0.1) is 13.2 Å². The summed E-state index contributed by atoms with van der Waals surface area (Å²) in [4.78, 5) is 25.5. The number of pyridine rings is 3. The van der Waals surface area contributed by atoms with Crippen molar-refractivity contribution in [3.8, 4) is 17.3 Å². The number of alkyl halides is 3. The predicted octanol–water partition coefficient (Wildman–Crippen LogP) is 3.82. The van der Waals surface area contributed by atoms with E-state index in [1.165, 1.54) is 24.3 Å². The second kappa shape index (κ2) is 9.99. The number of benzene rings is 1. The first-order chi connectivity index (χ1) is 18.1. The highest BCUT2D eigenvalue weighted by molar-refractivity contribution is 7.91. The minimum atomic E-state index is -4.87. The summed E-state index contributed by atoms with van der Waals surface area (Å²) in [5, 5.41) is 3.39. The molecule has 0 unspecified atom stereocenters. The number of hydrogen-bond acceptors (Lipinski definition) is 8. The Morgan fingerprint density at radius 1 is 1.05 bits per heavy atom. The summed E-state index contributed by atoms with van der Waals surface area (Å²) >= 11 is 0. The highest BCUT2D eigenvalue weighted by Gasteiger charge is 2.32. The van der Waals surface area contributed by atoms with Gasteiger partial charge in [-0.3, -0.25) is 9.78 Å². The zero-order valence-electron chi connectivity index (χ0n) is 19.5. The number of carbonyl (C=O) groups excluding carboxylic acids is 1. The van der Waals surface area contributed by atoms with Crippen molar-refractivity contribution in [2.45, 2.75) is 24.4 Å². The molecule has 196 valence electrons. The molecule has 0 aliphatic carbocycles. The van der Waals surface area contributed by atoms with Crippen molar-refractivity contribution in [1.29, 1.82) is 0 Å². The molecule has 1 aromatic carbocycles. The van der Waals surface area contributed by atoms with Crippen molar-refractivity contribution in [3.05, 3.63) is 77.6 Å². The number of aromatic nitrogens is 3. The van der Waals surface area contributed by atoms with E-state index in [1.54, 1.807) is 30.5 Å². The molecular formula is C25H19F3N4O5S. The molecule has 9 nitrogen and oxygen atoms in total. The zero-order valence-corrected chi connectivity index (χ0v) is 20.3. The Bertz CT molecular complexity index is 1640. The molecule has 0 atom stereocenters. The molecule has 1 aliphatic heterocycles. The lowest BCUT2D eigenvalue weighted by atomic mass is 10.1. The van der Waals surface area contributed by atoms with Crippen LogP contribution in [0.1, 0.15) is 21.6 Å². The first-order valence-electron chi connectivity index (χ1n) is 11.3. The maximum absolute atomic E-state index is 12.8. The summed E-state index contributed by atoms with van der Waals surface area (Å²) in [6.07, 6.45) is -3.31. The van der Waals surface area contributed by atoms with Crippen LogP contribution in [0.15, 0.2) is 65.7 Å². The van der Waals surface area contributed by atoms with Gasteiger partial charge >= 0.3 is 6.36 Å². The lowest BCUT2D eigenvalue weighted by Gasteiger charge is -2.10. The summed E-state index contributed by atoms with van der Waals surface area (Å²) in [5.74, 6) is -1.24. The third-order valence-electron chi connectivity index (χ3n) is 5.68. The number of fused-ring (bicyclic) bond motifs is 2. The van der Waals surface area contributed by atoms with Crippen molar-refractivity contribution in [2.24, 2.45) is 0 Å². The highest BCUT2D eigenvalue weighted by Crippen LogP contribution is 2.26. The van der Waals surface area contributed by atoms with Crippen LogP contribution in [0.25, 0.3) is 22.3 Å². The second-order valence-electron chi connectivity index (χ2n) is 8.35. The molecule has 3 aromatic heterocycles. The van der Waals surface area contributed by atoms with Gasteiger partial charge in [-0.05, 0) is 42.0 Å². The van der Waals surface area contributed by atoms with E-state index in [2.05, 4.69) is 25.0 Å². The topological polar surface area (TPSA) is 120 Å². The summed E-state index contributed by atoms with van der Waals surface area (Å²) < 4.78 is 71.8. The van der Waals surface area contributed by atoms with Gasteiger partial charge in [0.2, 0.25) is 5.88 Å². The number of nitrogens with zero attached hydrogens (tertiary/aromatic N) is 3. The Morgan fingerprint density at radius 2 is 1.87 bits per heavy atom. The number of rotatable bonds is 5. The van der Waals surface area contributed by atoms with Crippen LogP contribution in [-0.2, 0) is 27.7 Å². The van der Waals surface area contributed by atoms with E-state index in [9.17, 15) is 26.4 Å². The molecule has 4 heterocycles. The van der Waals surface area contributed by atoms with E-state index in [4.69, 9.17) is 4.74 Å². The summed E-state index contributed by atoms with van der Waals surface area (Å²) in [5.41, 5.74) is 2.14. The Kier molecular flexibility index (Phi) is 6.71. The number of halogens is 3. The normalized spacial score (nSPS) is 14.9. The van der Waals surface area contributed by atoms with Crippen LogP contribution in [0.2, 0.25) is 0 Å². The molecule has 4 aromatic rings. The molecule has 13 heteroatoms. The Balaban J connectivity index is 1.34. The second-order valence-corrected chi connectivity index (χ2v) is 10.4. The maximum Gasteiger partial charge on any atom is 0.574 e. The number of nitrogens with one attached hydrogen (secondary N) is 1. The van der Waals surface area contributed by atoms with Gasteiger partial charge in [0, 0.05) is 23.2 Å². The van der Waals surface area contributed by atoms with Gasteiger partial charge in [-0.25, -0.2) is 18.4 Å². The number of sulfone groups is 1. The summed E-state index contributed by atoms with van der Waals surface area (Å²) in [7, 11) is -3.56. The van der Waals surface area contributed by atoms with Crippen LogP contribution < -0.4 is 10.1 Å². The van der Waals surface area contributed by atoms with E-state index >= 15 is 0 Å². The van der Waals surface area contributed by atoms with Crippen LogP contribution in [0.5, 0.6) is 5.88 Å². The quantitative estimate of drug-likeness (QED) is 0.403. The number of carbonyl (C=O) groups is 1. The third kappa shape index (κ3) is 5.73. The van der Waals surface area contributed by atoms with Crippen molar-refractivity contribution in [1.82, 2.24) is 20.3 Å². The number of hydrogen-bond donors (Lipinski definition) is 1. The van der Waals surface area contributed by atoms with Gasteiger partial charge < -0.3 is 14.8 Å². The average Bonchev–Trinajstić information content (AvgIpc) is 3.03. The van der Waals surface area contributed by atoms with Gasteiger partial charge in [0.15, 0.2) is 9.84 Å². The molecule has 0 fully saturated rings. The lowest BCUT2D eigenvalue weighted by molar-refractivity contribution is -0.276. The largest absolute Gasteiger partial charge is 0.574 e. The molecule has 0 bridgehead atoms. The SMILES string of the molecule is O=C(NCc1cc2nc(-c3cccc(OC(F)(F)F)n3)ccc2cn1)c1ccc2c(c1)S(=O)(=O)CCOC2. The van der Waals surface area contributed by atoms with E-state index in [0.29, 0.717) is 27.9 Å². The summed E-state index contributed by atoms with van der Waals surface area (Å²) in [6, 6.07) is 13.4. The minimum absolute atomic E-state index is 0.0286. The lowest BCUT2D eigenvalue weighted by Crippen LogP contribution is -2.23. The van der Waals surface area contributed by atoms with Crippen LogP contribution in [-0.4, -0.2) is 48.0 Å². The molecule has 1 aliphatic rings. The van der Waals surface area contributed by atoms with E-state index in [-0.39, 0.29) is 41.7 Å². The van der Waals surface area contributed by atoms with Crippen LogP contribution in [0.4, 0.5) is 13.2 Å². The molecule has 5 rings (SSSR count). The monoisotopic (exact) mass is 544 g/mol. The minimum Gasteiger partial charge on any atom is -0.388 e. The molecule has 0 radical (unpaired) electrons. The molecule has 0 saturated carbocycles. The smallest absolute Gasteiger partial charge is 0.388 e. The first-order valence-corrected chi connectivity index (χ1v) is 12.9. The highest BCUT2D eigenvalue weighted by atomic mass is 32.2. The first kappa shape index (κ1) is 25.5. The zero-order chi connectivity index (χ0) is 26.9. The molecule has 0 spiro atoms. The summed E-state index contributed by atoms with van der Waals surface area (Å²) in [6.45, 7) is 0.271. The van der Waals surface area contributed by atoms with Crippen LogP contribution in [0, 0.1) is 0 Å². The Hall–Kier alpha value is -4.10. The molecule has 0 saturated heterocycles. The van der Waals surface area contributed by atoms with Gasteiger partial charge in [-0.2, -0.15) is 0 Å². The van der Waals surface area contributed by atoms with Gasteiger partial charge in [-0.1, -0.05) is 12.1 Å². The van der Waals surface area contributed by atoms with E-state index in [1.807, 2.05) is 0 Å². The van der Waals surface area contributed by atoms with Crippen molar-refractivity contribution >= 4 is 26.6 Å². The van der Waals surface area contributed by atoms with E-state index in [0.717, 1.165) is 6.07 Å². The standard InChI is InChI=1S/C25H19F3N4O5S/c26-25(27,28)37-23-3-1-2-19(32-23)20-7-6-16-12-29-18(11-21(16)31-20)13-30-24(33)15-4-5-17-14-36-8-9-38(34,35)22(17)10-15/h1-7,10-12H,8-9,13-14H2,(H,30,33). The fourth-order valence-electron chi connectivity index (χ4n) is 3.87. The maximum atomic E-state index is 12.8. The average molecular weight is 545 g/mol. The molecular weight excluding hydrogens is 525 g/mol. The van der Waals surface area contributed by atoms with Gasteiger partial charge in [0.05, 0.1) is 53.0 Å².